The number of rotatable bonds is 7. The van der Waals surface area contributed by atoms with Crippen LogP contribution in [-0.2, 0) is 21.2 Å². The summed E-state index contributed by atoms with van der Waals surface area (Å²) in [7, 11) is -3.81. The van der Waals surface area contributed by atoms with Crippen LogP contribution in [0.1, 0.15) is 32.5 Å². The predicted octanol–water partition coefficient (Wildman–Crippen LogP) is 4.02. The number of carboxylic acid groups (broad SMARTS) is 1. The quantitative estimate of drug-likeness (QED) is 0.491. The highest BCUT2D eigenvalue weighted by Crippen LogP contribution is 2.36. The number of hydrogen-bond donors (Lipinski definition) is 1. The van der Waals surface area contributed by atoms with E-state index in [0.717, 1.165) is 0 Å². The molecule has 1 saturated heterocycles. The molecule has 35 heavy (non-hydrogen) atoms. The highest BCUT2D eigenvalue weighted by Gasteiger charge is 2.39. The van der Waals surface area contributed by atoms with E-state index in [2.05, 4.69) is 9.94 Å². The van der Waals surface area contributed by atoms with Gasteiger partial charge in [0.25, 0.3) is 0 Å². The number of halogens is 1. The molecule has 1 aliphatic rings. The molecular weight excluding hydrogens is 475 g/mol. The van der Waals surface area contributed by atoms with Gasteiger partial charge in [-0.25, -0.2) is 17.7 Å². The second-order valence-electron chi connectivity index (χ2n) is 8.90. The average Bonchev–Trinajstić information content (AvgIpc) is 3.33. The Morgan fingerprint density at radius 3 is 2.57 bits per heavy atom. The molecule has 0 spiro atoms. The zero-order valence-corrected chi connectivity index (χ0v) is 20.3. The first kappa shape index (κ1) is 24.6. The van der Waals surface area contributed by atoms with Gasteiger partial charge in [-0.05, 0) is 56.2 Å². The van der Waals surface area contributed by atoms with Gasteiger partial charge in [0, 0.05) is 18.5 Å². The van der Waals surface area contributed by atoms with Gasteiger partial charge in [0.05, 0.1) is 41.2 Å². The van der Waals surface area contributed by atoms with Crippen LogP contribution >= 0.6 is 0 Å². The molecule has 1 fully saturated rings. The molecule has 2 aromatic carbocycles. The summed E-state index contributed by atoms with van der Waals surface area (Å²) in [6, 6.07) is 8.24. The maximum absolute atomic E-state index is 14.5. The van der Waals surface area contributed by atoms with Gasteiger partial charge in [0.1, 0.15) is 11.6 Å². The Bertz CT molecular complexity index is 1430. The van der Waals surface area contributed by atoms with Crippen LogP contribution < -0.4 is 4.74 Å². The molecule has 0 radical (unpaired) electrons. The molecule has 2 atom stereocenters. The molecule has 0 amide bonds. The average molecular weight is 501 g/mol. The Morgan fingerprint density at radius 1 is 1.29 bits per heavy atom. The van der Waals surface area contributed by atoms with Gasteiger partial charge < -0.3 is 9.84 Å². The summed E-state index contributed by atoms with van der Waals surface area (Å²) >= 11 is 0. The molecule has 0 saturated carbocycles. The lowest BCUT2D eigenvalue weighted by Crippen LogP contribution is -2.29. The minimum atomic E-state index is -3.81. The molecule has 0 bridgehead atoms. The third-order valence-electron chi connectivity index (χ3n) is 5.98. The largest absolute Gasteiger partial charge is 0.491 e. The van der Waals surface area contributed by atoms with Crippen molar-refractivity contribution in [1.29, 1.82) is 0 Å². The van der Waals surface area contributed by atoms with Crippen molar-refractivity contribution < 1.29 is 27.4 Å². The number of nitrogens with zero attached hydrogens (tertiary/aromatic N) is 4. The second kappa shape index (κ2) is 9.28. The number of fused-ring (bicyclic) bond motifs is 1. The molecule has 0 unspecified atom stereocenters. The standard InChI is InChI=1S/C24H25FN4O5S/c1-14(2)34-16-5-7-17(8-6-16)35(32,33)28-12-15(3)23(13-28)29-22-10-19(25)21(26-4)9-18(22)20(27-29)11-24(30)31/h5-10,14-15,23H,11-13H2,1-3H3,(H,30,31)/t15-,23+/m1/s1. The van der Waals surface area contributed by atoms with Crippen molar-refractivity contribution in [2.75, 3.05) is 13.1 Å². The van der Waals surface area contributed by atoms with E-state index in [0.29, 0.717) is 16.7 Å². The Kier molecular flexibility index (Phi) is 6.53. The van der Waals surface area contributed by atoms with E-state index in [1.807, 2.05) is 20.8 Å². The third kappa shape index (κ3) is 4.72. The summed E-state index contributed by atoms with van der Waals surface area (Å²) in [6.45, 7) is 13.1. The summed E-state index contributed by atoms with van der Waals surface area (Å²) in [6.07, 6.45) is -0.441. The number of carbonyl (C=O) groups is 1. The normalized spacial score (nSPS) is 18.7. The lowest BCUT2D eigenvalue weighted by Gasteiger charge is -2.18. The minimum Gasteiger partial charge on any atom is -0.491 e. The van der Waals surface area contributed by atoms with Crippen molar-refractivity contribution in [2.24, 2.45) is 5.92 Å². The fourth-order valence-corrected chi connectivity index (χ4v) is 5.91. The van der Waals surface area contributed by atoms with Crippen LogP contribution in [0.4, 0.5) is 10.1 Å². The fourth-order valence-electron chi connectivity index (χ4n) is 4.35. The Morgan fingerprint density at radius 2 is 1.97 bits per heavy atom. The zero-order chi connectivity index (χ0) is 25.5. The molecule has 0 aliphatic carbocycles. The maximum Gasteiger partial charge on any atom is 0.309 e. The number of aromatic nitrogens is 2. The highest BCUT2D eigenvalue weighted by molar-refractivity contribution is 7.89. The highest BCUT2D eigenvalue weighted by atomic mass is 32.2. The Hall–Kier alpha value is -3.49. The van der Waals surface area contributed by atoms with Crippen molar-refractivity contribution in [3.8, 4) is 5.75 Å². The number of carboxylic acids is 1. The number of ether oxygens (including phenoxy) is 1. The van der Waals surface area contributed by atoms with Gasteiger partial charge in [-0.15, -0.1) is 0 Å². The maximum atomic E-state index is 14.5. The van der Waals surface area contributed by atoms with Crippen molar-refractivity contribution >= 4 is 32.6 Å². The lowest BCUT2D eigenvalue weighted by atomic mass is 10.1. The van der Waals surface area contributed by atoms with Crippen LogP contribution in [0, 0.1) is 18.3 Å². The first-order valence-electron chi connectivity index (χ1n) is 11.1. The molecular formula is C24H25FN4O5S. The molecule has 3 aromatic rings. The van der Waals surface area contributed by atoms with E-state index in [1.54, 1.807) is 12.1 Å². The van der Waals surface area contributed by atoms with Crippen LogP contribution in [0.5, 0.6) is 5.75 Å². The molecule has 1 aliphatic heterocycles. The number of aliphatic carboxylic acids is 1. The topological polar surface area (TPSA) is 106 Å². The summed E-state index contributed by atoms with van der Waals surface area (Å²) < 4.78 is 49.6. The number of benzene rings is 2. The van der Waals surface area contributed by atoms with Gasteiger partial charge in [-0.2, -0.15) is 9.40 Å². The van der Waals surface area contributed by atoms with Crippen LogP contribution in [0.2, 0.25) is 0 Å². The fraction of sp³-hybridized carbons (Fsp3) is 0.375. The lowest BCUT2D eigenvalue weighted by molar-refractivity contribution is -0.136. The van der Waals surface area contributed by atoms with Gasteiger partial charge in [-0.1, -0.05) is 6.92 Å². The van der Waals surface area contributed by atoms with E-state index in [9.17, 15) is 22.7 Å². The smallest absolute Gasteiger partial charge is 0.309 e. The van der Waals surface area contributed by atoms with E-state index in [4.69, 9.17) is 11.3 Å². The van der Waals surface area contributed by atoms with E-state index >= 15 is 0 Å². The second-order valence-corrected chi connectivity index (χ2v) is 10.8. The van der Waals surface area contributed by atoms with Gasteiger partial charge >= 0.3 is 5.97 Å². The van der Waals surface area contributed by atoms with Gasteiger partial charge in [0.2, 0.25) is 15.7 Å². The Labute approximate surface area is 202 Å². The first-order chi connectivity index (χ1) is 16.5. The van der Waals surface area contributed by atoms with Gasteiger partial charge in [0.15, 0.2) is 0 Å². The summed E-state index contributed by atoms with van der Waals surface area (Å²) in [5.74, 6) is -1.47. The van der Waals surface area contributed by atoms with Crippen molar-refractivity contribution in [3.63, 3.8) is 0 Å². The first-order valence-corrected chi connectivity index (χ1v) is 12.5. The summed E-state index contributed by atoms with van der Waals surface area (Å²) in [5.41, 5.74) is 0.307. The molecule has 1 N–H and O–H groups in total. The predicted molar refractivity (Wildman–Crippen MR) is 126 cm³/mol. The summed E-state index contributed by atoms with van der Waals surface area (Å²) in [4.78, 5) is 14.7. The third-order valence-corrected chi connectivity index (χ3v) is 7.82. The molecule has 1 aromatic heterocycles. The number of sulfonamides is 1. The molecule has 184 valence electrons. The SMILES string of the molecule is [C-]#[N+]c1cc2c(CC(=O)O)nn([C@H]3CN(S(=O)(=O)c4ccc(OC(C)C)cc4)C[C@H]3C)c2cc1F. The zero-order valence-electron chi connectivity index (χ0n) is 19.5. The molecule has 9 nitrogen and oxygen atoms in total. The number of hydrogen-bond acceptors (Lipinski definition) is 5. The Balaban J connectivity index is 1.68. The monoisotopic (exact) mass is 500 g/mol. The molecule has 2 heterocycles. The van der Waals surface area contributed by atoms with Crippen LogP contribution in [0.25, 0.3) is 15.7 Å². The molecule has 11 heteroatoms. The van der Waals surface area contributed by atoms with Crippen molar-refractivity contribution in [1.82, 2.24) is 14.1 Å². The van der Waals surface area contributed by atoms with Crippen molar-refractivity contribution in [2.45, 2.75) is 44.2 Å². The van der Waals surface area contributed by atoms with Gasteiger partial charge in [-0.3, -0.25) is 9.48 Å². The van der Waals surface area contributed by atoms with Crippen LogP contribution in [0.3, 0.4) is 0 Å². The minimum absolute atomic E-state index is 0.0386. The molecule has 4 rings (SSSR count). The van der Waals surface area contributed by atoms with Crippen LogP contribution in [0.15, 0.2) is 41.3 Å². The van der Waals surface area contributed by atoms with E-state index in [-0.39, 0.29) is 41.4 Å². The van der Waals surface area contributed by atoms with E-state index in [1.165, 1.54) is 33.3 Å². The van der Waals surface area contributed by atoms with Crippen molar-refractivity contribution in [3.05, 3.63) is 59.3 Å². The van der Waals surface area contributed by atoms with E-state index < -0.39 is 34.3 Å². The summed E-state index contributed by atoms with van der Waals surface area (Å²) in [5, 5.41) is 14.1. The van der Waals surface area contributed by atoms with Crippen LogP contribution in [-0.4, -0.2) is 52.8 Å².